The number of aromatic amines is 1. The van der Waals surface area contributed by atoms with Crippen molar-refractivity contribution in [1.82, 2.24) is 15.3 Å². The van der Waals surface area contributed by atoms with E-state index < -0.39 is 0 Å². The van der Waals surface area contributed by atoms with E-state index in [2.05, 4.69) is 10.3 Å². The first-order valence-electron chi connectivity index (χ1n) is 9.61. The highest BCUT2D eigenvalue weighted by Gasteiger charge is 2.18. The Morgan fingerprint density at radius 1 is 1.17 bits per heavy atom. The Morgan fingerprint density at radius 2 is 1.97 bits per heavy atom. The first kappa shape index (κ1) is 20.0. The second-order valence-electron chi connectivity index (χ2n) is 6.87. The van der Waals surface area contributed by atoms with E-state index >= 15 is 0 Å². The zero-order chi connectivity index (χ0) is 20.1. The molecular formula is C22H22ClN3O2S. The van der Waals surface area contributed by atoms with Gasteiger partial charge in [0, 0.05) is 29.3 Å². The number of H-pyrrole nitrogens is 1. The molecule has 1 unspecified atom stereocenters. The highest BCUT2D eigenvalue weighted by Crippen LogP contribution is 2.32. The van der Waals surface area contributed by atoms with Gasteiger partial charge in [-0.3, -0.25) is 4.79 Å². The number of nitrogens with zero attached hydrogens (tertiary/aromatic N) is 1. The van der Waals surface area contributed by atoms with Gasteiger partial charge >= 0.3 is 0 Å². The summed E-state index contributed by atoms with van der Waals surface area (Å²) in [5.41, 5.74) is 2.89. The summed E-state index contributed by atoms with van der Waals surface area (Å²) in [5.74, 6) is 1.04. The van der Waals surface area contributed by atoms with E-state index in [0.717, 1.165) is 47.1 Å². The lowest BCUT2D eigenvalue weighted by atomic mass is 10.2. The summed E-state index contributed by atoms with van der Waals surface area (Å²) in [6.45, 7) is 1.36. The zero-order valence-corrected chi connectivity index (χ0v) is 17.4. The van der Waals surface area contributed by atoms with Crippen LogP contribution in [0.5, 0.6) is 0 Å². The van der Waals surface area contributed by atoms with Crippen molar-refractivity contribution in [2.24, 2.45) is 0 Å². The van der Waals surface area contributed by atoms with Crippen LogP contribution in [0.3, 0.4) is 0 Å². The van der Waals surface area contributed by atoms with E-state index in [-0.39, 0.29) is 12.0 Å². The number of benzene rings is 2. The number of ether oxygens (including phenoxy) is 1. The third-order valence-electron chi connectivity index (χ3n) is 4.74. The van der Waals surface area contributed by atoms with E-state index in [9.17, 15) is 4.79 Å². The minimum atomic E-state index is -0.0134. The molecule has 1 amide bonds. The molecule has 1 fully saturated rings. The van der Waals surface area contributed by atoms with Gasteiger partial charge in [0.1, 0.15) is 10.9 Å². The fraction of sp³-hybridized carbons (Fsp3) is 0.273. The minimum Gasteiger partial charge on any atom is -0.376 e. The normalized spacial score (nSPS) is 16.1. The number of hydrogen-bond donors (Lipinski definition) is 2. The monoisotopic (exact) mass is 427 g/mol. The summed E-state index contributed by atoms with van der Waals surface area (Å²) in [6.07, 6.45) is 2.22. The second-order valence-corrected chi connectivity index (χ2v) is 8.27. The summed E-state index contributed by atoms with van der Waals surface area (Å²) < 4.78 is 5.56. The van der Waals surface area contributed by atoms with E-state index in [1.54, 1.807) is 0 Å². The Bertz CT molecular complexity index is 954. The van der Waals surface area contributed by atoms with Gasteiger partial charge in [0.05, 0.1) is 17.6 Å². The van der Waals surface area contributed by atoms with Crippen LogP contribution in [0.1, 0.15) is 12.8 Å². The van der Waals surface area contributed by atoms with Crippen molar-refractivity contribution in [2.45, 2.75) is 24.0 Å². The van der Waals surface area contributed by atoms with Crippen LogP contribution in [0, 0.1) is 0 Å². The summed E-state index contributed by atoms with van der Waals surface area (Å²) in [4.78, 5) is 20.5. The molecule has 150 valence electrons. The van der Waals surface area contributed by atoms with E-state index in [1.807, 2.05) is 54.6 Å². The van der Waals surface area contributed by atoms with Crippen molar-refractivity contribution in [1.29, 1.82) is 0 Å². The van der Waals surface area contributed by atoms with Crippen LogP contribution in [-0.2, 0) is 9.53 Å². The number of aromatic nitrogens is 2. The number of nitrogens with one attached hydrogen (secondary N) is 2. The molecule has 5 nitrogen and oxygen atoms in total. The Labute approximate surface area is 179 Å². The lowest BCUT2D eigenvalue weighted by Gasteiger charge is -2.10. The standard InChI is InChI=1S/C22H22ClN3O2S/c23-17-10-8-16(9-11-17)21-25-20(15-5-2-1-3-6-15)22(26-21)29-14-19(27)24-13-18-7-4-12-28-18/h1-3,5-6,8-11,18H,4,7,12-14H2,(H,24,27)(H,25,26). The Morgan fingerprint density at radius 3 is 2.69 bits per heavy atom. The number of imidazole rings is 1. The average molecular weight is 428 g/mol. The topological polar surface area (TPSA) is 67.0 Å². The van der Waals surface area contributed by atoms with Gasteiger partial charge < -0.3 is 15.0 Å². The molecule has 1 atom stereocenters. The number of halogens is 1. The molecule has 1 aliphatic heterocycles. The third kappa shape index (κ3) is 5.21. The van der Waals surface area contributed by atoms with Gasteiger partial charge in [-0.15, -0.1) is 0 Å². The van der Waals surface area contributed by atoms with Crippen molar-refractivity contribution >= 4 is 29.3 Å². The first-order valence-corrected chi connectivity index (χ1v) is 11.0. The molecule has 0 bridgehead atoms. The van der Waals surface area contributed by atoms with E-state index in [1.165, 1.54) is 11.8 Å². The number of thioether (sulfide) groups is 1. The van der Waals surface area contributed by atoms with Crippen LogP contribution in [-0.4, -0.2) is 40.9 Å². The summed E-state index contributed by atoms with van der Waals surface area (Å²) in [5, 5.41) is 4.44. The predicted octanol–water partition coefficient (Wildman–Crippen LogP) is 4.78. The molecule has 0 radical (unpaired) electrons. The Hall–Kier alpha value is -2.28. The molecule has 7 heteroatoms. The van der Waals surface area contributed by atoms with Gasteiger partial charge in [-0.2, -0.15) is 0 Å². The predicted molar refractivity (Wildman–Crippen MR) is 117 cm³/mol. The van der Waals surface area contributed by atoms with Crippen molar-refractivity contribution in [3.63, 3.8) is 0 Å². The van der Waals surface area contributed by atoms with Crippen LogP contribution < -0.4 is 5.32 Å². The van der Waals surface area contributed by atoms with Gasteiger partial charge in [-0.25, -0.2) is 4.98 Å². The molecule has 2 aromatic carbocycles. The van der Waals surface area contributed by atoms with Gasteiger partial charge in [-0.05, 0) is 37.1 Å². The Balaban J connectivity index is 1.49. The maximum absolute atomic E-state index is 12.3. The lowest BCUT2D eigenvalue weighted by molar-refractivity contribution is -0.119. The van der Waals surface area contributed by atoms with Crippen molar-refractivity contribution in [3.8, 4) is 22.6 Å². The lowest BCUT2D eigenvalue weighted by Crippen LogP contribution is -2.32. The Kier molecular flexibility index (Phi) is 6.54. The largest absolute Gasteiger partial charge is 0.376 e. The molecule has 2 heterocycles. The number of rotatable bonds is 7. The quantitative estimate of drug-likeness (QED) is 0.532. The van der Waals surface area contributed by atoms with Crippen LogP contribution in [0.2, 0.25) is 5.02 Å². The summed E-state index contributed by atoms with van der Waals surface area (Å²) >= 11 is 7.43. The molecule has 2 N–H and O–H groups in total. The van der Waals surface area contributed by atoms with Crippen LogP contribution in [0.4, 0.5) is 0 Å². The third-order valence-corrected chi connectivity index (χ3v) is 5.97. The molecule has 4 rings (SSSR count). The number of carbonyl (C=O) groups excluding carboxylic acids is 1. The second kappa shape index (κ2) is 9.48. The first-order chi connectivity index (χ1) is 14.2. The molecule has 0 spiro atoms. The van der Waals surface area contributed by atoms with Crippen molar-refractivity contribution in [3.05, 3.63) is 59.6 Å². The highest BCUT2D eigenvalue weighted by molar-refractivity contribution is 8.00. The maximum atomic E-state index is 12.3. The molecule has 0 saturated carbocycles. The smallest absolute Gasteiger partial charge is 0.230 e. The molecule has 29 heavy (non-hydrogen) atoms. The fourth-order valence-electron chi connectivity index (χ4n) is 3.22. The fourth-order valence-corrected chi connectivity index (χ4v) is 4.19. The van der Waals surface area contributed by atoms with Crippen molar-refractivity contribution < 1.29 is 9.53 Å². The number of carbonyl (C=O) groups is 1. The van der Waals surface area contributed by atoms with Crippen LogP contribution in [0.25, 0.3) is 22.6 Å². The number of hydrogen-bond acceptors (Lipinski definition) is 4. The van der Waals surface area contributed by atoms with Gasteiger partial charge in [0.25, 0.3) is 0 Å². The highest BCUT2D eigenvalue weighted by atomic mass is 35.5. The zero-order valence-electron chi connectivity index (χ0n) is 15.9. The molecule has 1 aliphatic rings. The molecule has 0 aliphatic carbocycles. The van der Waals surface area contributed by atoms with E-state index in [4.69, 9.17) is 21.3 Å². The average Bonchev–Trinajstić information content (AvgIpc) is 3.42. The maximum Gasteiger partial charge on any atom is 0.230 e. The number of amides is 1. The van der Waals surface area contributed by atoms with Gasteiger partial charge in [-0.1, -0.05) is 53.7 Å². The molecule has 3 aromatic rings. The van der Waals surface area contributed by atoms with Crippen LogP contribution >= 0.6 is 23.4 Å². The van der Waals surface area contributed by atoms with Crippen LogP contribution in [0.15, 0.2) is 59.6 Å². The van der Waals surface area contributed by atoms with Gasteiger partial charge in [0.2, 0.25) is 5.91 Å². The molecule has 1 saturated heterocycles. The van der Waals surface area contributed by atoms with Crippen molar-refractivity contribution in [2.75, 3.05) is 18.9 Å². The summed E-state index contributed by atoms with van der Waals surface area (Å²) in [6, 6.07) is 17.5. The molecular weight excluding hydrogens is 406 g/mol. The van der Waals surface area contributed by atoms with E-state index in [0.29, 0.717) is 17.3 Å². The SMILES string of the molecule is O=C(CSc1nc(-c2ccc(Cl)cc2)[nH]c1-c1ccccc1)NCC1CCCO1. The summed E-state index contributed by atoms with van der Waals surface area (Å²) in [7, 11) is 0. The van der Waals surface area contributed by atoms with Gasteiger partial charge in [0.15, 0.2) is 0 Å². The molecule has 1 aromatic heterocycles. The minimum absolute atomic E-state index is 0.0134.